The molecule has 2 aromatic carbocycles. The van der Waals surface area contributed by atoms with E-state index in [2.05, 4.69) is 78.0 Å². The average molecular weight is 847 g/mol. The van der Waals surface area contributed by atoms with Crippen LogP contribution in [0, 0.1) is 28.1 Å². The van der Waals surface area contributed by atoms with Gasteiger partial charge in [0.25, 0.3) is 11.8 Å². The maximum absolute atomic E-state index is 13.5. The number of hydrogen-bond donors (Lipinski definition) is 2. The molecule has 8 rings (SSSR count). The predicted octanol–water partition coefficient (Wildman–Crippen LogP) is 5.27. The lowest BCUT2D eigenvalue weighted by Crippen LogP contribution is -2.74. The summed E-state index contributed by atoms with van der Waals surface area (Å²) in [5.74, 6) is 1.88. The van der Waals surface area contributed by atoms with Crippen molar-refractivity contribution in [1.82, 2.24) is 30.4 Å². The van der Waals surface area contributed by atoms with E-state index < -0.39 is 22.8 Å². The zero-order chi connectivity index (χ0) is 44.1. The molecular formula is C47H58N8O7. The zero-order valence-corrected chi connectivity index (χ0v) is 36.8. The fraction of sp³-hybridized carbons (Fsp3) is 0.553. The number of nitriles is 1. The number of anilines is 1. The van der Waals surface area contributed by atoms with Crippen LogP contribution < -0.4 is 29.7 Å². The van der Waals surface area contributed by atoms with Gasteiger partial charge >= 0.3 is 0 Å². The van der Waals surface area contributed by atoms with Gasteiger partial charge in [0.2, 0.25) is 11.8 Å². The van der Waals surface area contributed by atoms with Gasteiger partial charge in [-0.15, -0.1) is 0 Å². The average Bonchev–Trinajstić information content (AvgIpc) is 3.58. The summed E-state index contributed by atoms with van der Waals surface area (Å²) < 4.78 is 18.3. The Morgan fingerprint density at radius 3 is 2.39 bits per heavy atom. The van der Waals surface area contributed by atoms with Gasteiger partial charge in [-0.1, -0.05) is 33.8 Å². The van der Waals surface area contributed by atoms with Crippen molar-refractivity contribution in [2.24, 2.45) is 16.7 Å². The van der Waals surface area contributed by atoms with E-state index in [0.29, 0.717) is 59.3 Å². The first-order chi connectivity index (χ1) is 29.6. The summed E-state index contributed by atoms with van der Waals surface area (Å²) in [6.45, 7) is 15.8. The molecule has 15 heteroatoms. The van der Waals surface area contributed by atoms with Crippen molar-refractivity contribution >= 4 is 29.4 Å². The molecule has 2 saturated carbocycles. The van der Waals surface area contributed by atoms with E-state index in [1.807, 2.05) is 12.1 Å². The van der Waals surface area contributed by atoms with E-state index >= 15 is 0 Å². The Hall–Kier alpha value is -5.75. The second kappa shape index (κ2) is 16.8. The lowest BCUT2D eigenvalue weighted by atomic mass is 9.49. The SMILES string of the molecule is COc1cc(OC2C(C)(C)C(NC(=O)c3cnc(N4CCC(CN(C(C)C)C5CC(Oc6cccc7c6CN(C6CCC(=O)NC6=O)C7=O)C5)CC4)cn3)C2(C)C)ccc1C#N. The summed E-state index contributed by atoms with van der Waals surface area (Å²) in [7, 11) is 1.53. The number of amides is 4. The molecule has 2 saturated heterocycles. The molecule has 4 amide bonds. The lowest BCUT2D eigenvalue weighted by Gasteiger charge is -2.63. The van der Waals surface area contributed by atoms with Crippen LogP contribution >= 0.6 is 0 Å². The molecule has 3 aliphatic heterocycles. The maximum Gasteiger partial charge on any atom is 0.271 e. The fourth-order valence-corrected chi connectivity index (χ4v) is 10.8. The van der Waals surface area contributed by atoms with Crippen molar-refractivity contribution in [3.05, 3.63) is 71.2 Å². The number of methoxy groups -OCH3 is 1. The number of nitrogens with one attached hydrogen (secondary N) is 2. The molecule has 15 nitrogen and oxygen atoms in total. The van der Waals surface area contributed by atoms with Crippen LogP contribution in [-0.4, -0.2) is 107 Å². The number of piperidine rings is 2. The summed E-state index contributed by atoms with van der Waals surface area (Å²) in [4.78, 5) is 66.7. The number of hydrogen-bond acceptors (Lipinski definition) is 12. The van der Waals surface area contributed by atoms with E-state index in [1.165, 1.54) is 7.11 Å². The molecular weight excluding hydrogens is 789 g/mol. The molecule has 1 unspecified atom stereocenters. The number of nitrogens with zero attached hydrogens (tertiary/aromatic N) is 6. The molecule has 0 spiro atoms. The molecule has 0 radical (unpaired) electrons. The Kier molecular flexibility index (Phi) is 11.7. The first kappa shape index (κ1) is 42.9. The summed E-state index contributed by atoms with van der Waals surface area (Å²) in [6, 6.07) is 12.8. The molecule has 3 aromatic rings. The second-order valence-electron chi connectivity index (χ2n) is 19.0. The van der Waals surface area contributed by atoms with Crippen LogP contribution in [0.1, 0.15) is 112 Å². The molecule has 62 heavy (non-hydrogen) atoms. The molecule has 1 aromatic heterocycles. The van der Waals surface area contributed by atoms with Gasteiger partial charge in [0, 0.05) is 85.0 Å². The summed E-state index contributed by atoms with van der Waals surface area (Å²) in [5.41, 5.74) is 1.29. The molecule has 1 atom stereocenters. The minimum Gasteiger partial charge on any atom is -0.495 e. The summed E-state index contributed by atoms with van der Waals surface area (Å²) in [6.07, 6.45) is 7.51. The largest absolute Gasteiger partial charge is 0.495 e. The van der Waals surface area contributed by atoms with Crippen LogP contribution in [0.2, 0.25) is 0 Å². The van der Waals surface area contributed by atoms with Gasteiger partial charge in [-0.2, -0.15) is 5.26 Å². The first-order valence-electron chi connectivity index (χ1n) is 21.9. The van der Waals surface area contributed by atoms with Gasteiger partial charge in [-0.25, -0.2) is 9.97 Å². The van der Waals surface area contributed by atoms with Crippen LogP contribution in [0.25, 0.3) is 0 Å². The van der Waals surface area contributed by atoms with Gasteiger partial charge in [-0.05, 0) is 63.3 Å². The van der Waals surface area contributed by atoms with Crippen molar-refractivity contribution < 1.29 is 33.4 Å². The number of aromatic nitrogens is 2. The molecule has 4 heterocycles. The van der Waals surface area contributed by atoms with Crippen LogP contribution in [-0.2, 0) is 16.1 Å². The Labute approximate surface area is 363 Å². The van der Waals surface area contributed by atoms with Crippen molar-refractivity contribution in [2.75, 3.05) is 31.6 Å². The quantitative estimate of drug-likeness (QED) is 0.214. The van der Waals surface area contributed by atoms with Gasteiger partial charge in [0.15, 0.2) is 0 Å². The normalized spacial score (nSPS) is 25.4. The summed E-state index contributed by atoms with van der Waals surface area (Å²) >= 11 is 0. The number of rotatable bonds is 13. The van der Waals surface area contributed by atoms with Crippen molar-refractivity contribution in [2.45, 2.75) is 123 Å². The number of ether oxygens (including phenoxy) is 3. The van der Waals surface area contributed by atoms with Gasteiger partial charge in [0.05, 0.1) is 31.6 Å². The van der Waals surface area contributed by atoms with Gasteiger partial charge < -0.3 is 29.3 Å². The Balaban J connectivity index is 0.801. The van der Waals surface area contributed by atoms with E-state index in [-0.39, 0.29) is 48.1 Å². The third-order valence-electron chi connectivity index (χ3n) is 14.0. The number of fused-ring (bicyclic) bond motifs is 1. The molecule has 4 fully saturated rings. The van der Waals surface area contributed by atoms with Crippen LogP contribution in [0.4, 0.5) is 5.82 Å². The topological polar surface area (TPSA) is 179 Å². The van der Waals surface area contributed by atoms with Crippen LogP contribution in [0.15, 0.2) is 48.8 Å². The highest BCUT2D eigenvalue weighted by Crippen LogP contribution is 2.55. The standard InChI is InChI=1S/C47H58N8O7/c1-27(2)54(30-19-32(20-30)61-37-10-8-9-33-34(37)26-55(43(33)59)36-13-14-40(56)51-42(36)58)25-28-15-17-53(18-16-28)39-24-49-35(23-50-39)41(57)52-44-46(3,4)45(47(44,5)6)62-31-12-11-29(22-48)38(21-31)60-7/h8-12,21,23-24,27-28,30,32,36,44-45H,13-20,25-26H2,1-7H3,(H,52,57)(H,51,56,58). The number of imide groups is 1. The predicted molar refractivity (Wildman–Crippen MR) is 230 cm³/mol. The minimum absolute atomic E-state index is 0.0424. The number of carbonyl (C=O) groups is 4. The Morgan fingerprint density at radius 1 is 1.00 bits per heavy atom. The minimum atomic E-state index is -0.656. The monoisotopic (exact) mass is 846 g/mol. The highest BCUT2D eigenvalue weighted by molar-refractivity contribution is 6.05. The third-order valence-corrected chi connectivity index (χ3v) is 14.0. The molecule has 5 aliphatic rings. The third kappa shape index (κ3) is 8.05. The highest BCUT2D eigenvalue weighted by atomic mass is 16.5. The first-order valence-corrected chi connectivity index (χ1v) is 21.9. The van der Waals surface area contributed by atoms with E-state index in [9.17, 15) is 24.4 Å². The number of benzene rings is 2. The van der Waals surface area contributed by atoms with Crippen LogP contribution in [0.3, 0.4) is 0 Å². The molecule has 328 valence electrons. The molecule has 2 N–H and O–H groups in total. The van der Waals surface area contributed by atoms with Crippen molar-refractivity contribution in [1.29, 1.82) is 5.26 Å². The summed E-state index contributed by atoms with van der Waals surface area (Å²) in [5, 5.41) is 14.9. The van der Waals surface area contributed by atoms with E-state index in [0.717, 1.165) is 56.7 Å². The maximum atomic E-state index is 13.5. The fourth-order valence-electron chi connectivity index (χ4n) is 10.8. The van der Waals surface area contributed by atoms with Crippen molar-refractivity contribution in [3.8, 4) is 23.3 Å². The molecule has 0 bridgehead atoms. The van der Waals surface area contributed by atoms with E-state index in [4.69, 9.17) is 14.2 Å². The Bertz CT molecular complexity index is 2240. The molecule has 2 aliphatic carbocycles. The van der Waals surface area contributed by atoms with Crippen molar-refractivity contribution in [3.63, 3.8) is 0 Å². The highest BCUT2D eigenvalue weighted by Gasteiger charge is 2.64. The lowest BCUT2D eigenvalue weighted by molar-refractivity contribution is -0.164. The van der Waals surface area contributed by atoms with Gasteiger partial charge in [0.1, 0.15) is 53.1 Å². The number of carbonyl (C=O) groups excluding carboxylic acids is 4. The zero-order valence-electron chi connectivity index (χ0n) is 36.8. The second-order valence-corrected chi connectivity index (χ2v) is 19.0. The van der Waals surface area contributed by atoms with Gasteiger partial charge in [-0.3, -0.25) is 29.4 Å². The van der Waals surface area contributed by atoms with Crippen LogP contribution in [0.5, 0.6) is 17.2 Å². The smallest absolute Gasteiger partial charge is 0.271 e. The Morgan fingerprint density at radius 2 is 1.74 bits per heavy atom. The van der Waals surface area contributed by atoms with E-state index in [1.54, 1.807) is 41.6 Å².